The fraction of sp³-hybridized carbons (Fsp3) is 0.625. The summed E-state index contributed by atoms with van der Waals surface area (Å²) < 4.78 is 18.4. The third-order valence-corrected chi connectivity index (χ3v) is 14.6. The number of primary amides is 1. The number of hydrogen-bond donors (Lipinski definition) is 2. The fourth-order valence-electron chi connectivity index (χ4n) is 11.3. The van der Waals surface area contributed by atoms with E-state index in [9.17, 15) is 19.2 Å². The predicted octanol–water partition coefficient (Wildman–Crippen LogP) is 5.67. The van der Waals surface area contributed by atoms with E-state index < -0.39 is 35.7 Å². The molecule has 14 nitrogen and oxygen atoms in total. The normalized spacial score (nSPS) is 24.6. The molecule has 2 aliphatic heterocycles. The summed E-state index contributed by atoms with van der Waals surface area (Å²) >= 11 is 0. The van der Waals surface area contributed by atoms with Gasteiger partial charge in [0.2, 0.25) is 35.4 Å². The molecule has 338 valence electrons. The molecule has 3 aliphatic rings. The van der Waals surface area contributed by atoms with Gasteiger partial charge in [-0.1, -0.05) is 89.6 Å². The van der Waals surface area contributed by atoms with E-state index in [-0.39, 0.29) is 65.8 Å². The maximum atomic E-state index is 14.9. The summed E-state index contributed by atoms with van der Waals surface area (Å²) in [6.07, 6.45) is 3.93. The average Bonchev–Trinajstić information content (AvgIpc) is 4.09. The van der Waals surface area contributed by atoms with Crippen molar-refractivity contribution in [3.05, 3.63) is 72.1 Å². The average molecular weight is 856 g/mol. The van der Waals surface area contributed by atoms with E-state index in [4.69, 9.17) is 19.6 Å². The molecule has 3 N–H and O–H groups in total. The van der Waals surface area contributed by atoms with Crippen molar-refractivity contribution < 1.29 is 33.1 Å². The van der Waals surface area contributed by atoms with Crippen LogP contribution in [-0.2, 0) is 35.1 Å². The highest BCUT2D eigenvalue weighted by Crippen LogP contribution is 2.55. The van der Waals surface area contributed by atoms with E-state index in [1.54, 1.807) is 14.2 Å². The Balaban J connectivity index is 1.18. The molecule has 14 heteroatoms. The first-order valence-electron chi connectivity index (χ1n) is 22.5. The second-order valence-electron chi connectivity index (χ2n) is 18.4. The van der Waals surface area contributed by atoms with Crippen molar-refractivity contribution in [3.8, 4) is 11.5 Å². The van der Waals surface area contributed by atoms with Crippen LogP contribution in [0.25, 0.3) is 11.5 Å². The number of ether oxygens (including phenoxy) is 2. The number of carbonyl (C=O) groups excluding carboxylic acids is 4. The summed E-state index contributed by atoms with van der Waals surface area (Å²) in [6, 6.07) is 17.6. The molecule has 1 aliphatic carbocycles. The van der Waals surface area contributed by atoms with Crippen molar-refractivity contribution in [2.75, 3.05) is 34.9 Å². The molecule has 6 rings (SSSR count). The lowest BCUT2D eigenvalue weighted by Crippen LogP contribution is -2.61. The van der Waals surface area contributed by atoms with Crippen molar-refractivity contribution >= 4 is 23.6 Å². The summed E-state index contributed by atoms with van der Waals surface area (Å²) in [5, 5.41) is 11.8. The van der Waals surface area contributed by atoms with Crippen molar-refractivity contribution in [2.24, 2.45) is 35.3 Å². The maximum Gasteiger partial charge on any atom is 0.247 e. The van der Waals surface area contributed by atoms with Crippen LogP contribution >= 0.6 is 0 Å². The standard InChI is InChI=1S/C48H69N7O7/c1-10-30(4)40(53(6)47(59)39(29(2)3)48-24-23-34(28-48)41(43(49)57)54(48)7)37(60-8)27-38(56)55-25-17-22-36(55)42(61-9)31(5)44(58)50-35(26-32-18-13-11-14-19-32)46-52-51-45(62-46)33-20-15-12-16-21-33/h11-16,18-21,29-31,34-37,39-42H,10,17,22-28H2,1-9H3,(H2,49,57)(H,50,58)/t30-,31+,34?,35-,36-,37+,39+,40-,41?,42+,48?/m0/s1. The molecule has 2 saturated heterocycles. The Hall–Kier alpha value is -4.66. The third-order valence-electron chi connectivity index (χ3n) is 14.6. The first kappa shape index (κ1) is 46.8. The Morgan fingerprint density at radius 2 is 1.66 bits per heavy atom. The maximum absolute atomic E-state index is 14.9. The number of fused-ring (bicyclic) bond motifs is 2. The van der Waals surface area contributed by atoms with Crippen molar-refractivity contribution in [1.82, 2.24) is 30.2 Å². The minimum atomic E-state index is -0.645. The van der Waals surface area contributed by atoms with Crippen LogP contribution in [0.2, 0.25) is 0 Å². The van der Waals surface area contributed by atoms with Crippen molar-refractivity contribution in [3.63, 3.8) is 0 Å². The molecule has 1 aromatic heterocycles. The number of nitrogens with two attached hydrogens (primary N) is 1. The molecule has 11 atom stereocenters. The van der Waals surface area contributed by atoms with Gasteiger partial charge in [0.15, 0.2) is 0 Å². The van der Waals surface area contributed by atoms with Crippen molar-refractivity contribution in [1.29, 1.82) is 0 Å². The summed E-state index contributed by atoms with van der Waals surface area (Å²) in [5.41, 5.74) is 7.20. The molecule has 2 aromatic carbocycles. The van der Waals surface area contributed by atoms with Gasteiger partial charge in [0.1, 0.15) is 6.04 Å². The number of aromatic nitrogens is 2. The summed E-state index contributed by atoms with van der Waals surface area (Å²) in [4.78, 5) is 62.0. The van der Waals surface area contributed by atoms with Gasteiger partial charge in [0.25, 0.3) is 0 Å². The van der Waals surface area contributed by atoms with Gasteiger partial charge < -0.3 is 34.7 Å². The van der Waals surface area contributed by atoms with Crippen LogP contribution in [0.1, 0.15) is 97.1 Å². The molecule has 3 aromatic rings. The van der Waals surface area contributed by atoms with Gasteiger partial charge in [-0.2, -0.15) is 0 Å². The third kappa shape index (κ3) is 9.47. The Morgan fingerprint density at radius 3 is 2.26 bits per heavy atom. The second kappa shape index (κ2) is 20.2. The Bertz CT molecular complexity index is 1980. The topological polar surface area (TPSA) is 173 Å². The molecule has 62 heavy (non-hydrogen) atoms. The number of amides is 4. The van der Waals surface area contributed by atoms with Gasteiger partial charge in [0, 0.05) is 45.3 Å². The Labute approximate surface area is 367 Å². The van der Waals surface area contributed by atoms with E-state index >= 15 is 0 Å². The van der Waals surface area contributed by atoms with E-state index in [0.29, 0.717) is 31.2 Å². The SMILES string of the molecule is CC[C@H](C)[C@@H]([C@@H](CC(=O)N1CCC[C@H]1[C@H](OC)[C@@H](C)C(=O)N[C@@H](Cc1ccccc1)c1nnc(-c2ccccc2)o1)OC)N(C)C(=O)[C@@H](C(C)C)C12CCC(C1)C(C(N)=O)N2C. The molecule has 4 amide bonds. The van der Waals surface area contributed by atoms with Crippen LogP contribution in [-0.4, -0.2) is 119 Å². The van der Waals surface area contributed by atoms with Crippen LogP contribution in [0.5, 0.6) is 0 Å². The first-order valence-corrected chi connectivity index (χ1v) is 22.5. The van der Waals surface area contributed by atoms with Gasteiger partial charge >= 0.3 is 0 Å². The number of methoxy groups -OCH3 is 2. The smallest absolute Gasteiger partial charge is 0.247 e. The summed E-state index contributed by atoms with van der Waals surface area (Å²) in [7, 11) is 6.99. The zero-order chi connectivity index (χ0) is 44.9. The fourth-order valence-corrected chi connectivity index (χ4v) is 11.3. The molecule has 0 radical (unpaired) electrons. The quantitative estimate of drug-likeness (QED) is 0.144. The van der Waals surface area contributed by atoms with Gasteiger partial charge in [-0.05, 0) is 74.6 Å². The lowest BCUT2D eigenvalue weighted by Gasteiger charge is -2.48. The number of piperidine rings is 1. The van der Waals surface area contributed by atoms with E-state index in [2.05, 4.69) is 48.1 Å². The number of likely N-dealkylation sites (tertiary alicyclic amines) is 2. The highest BCUT2D eigenvalue weighted by molar-refractivity contribution is 5.84. The van der Waals surface area contributed by atoms with Crippen LogP contribution in [0, 0.1) is 29.6 Å². The zero-order valence-electron chi connectivity index (χ0n) is 38.2. The number of benzene rings is 2. The molecule has 3 unspecified atom stereocenters. The van der Waals surface area contributed by atoms with E-state index in [1.807, 2.05) is 91.5 Å². The Kier molecular flexibility index (Phi) is 15.3. The van der Waals surface area contributed by atoms with Gasteiger partial charge in [-0.3, -0.25) is 24.1 Å². The minimum Gasteiger partial charge on any atom is -0.418 e. The number of hydrogen-bond acceptors (Lipinski definition) is 10. The number of carbonyl (C=O) groups is 4. The first-order chi connectivity index (χ1) is 29.7. The molecular weight excluding hydrogens is 787 g/mol. The second-order valence-corrected chi connectivity index (χ2v) is 18.4. The molecule has 3 fully saturated rings. The number of likely N-dealkylation sites (N-methyl/N-ethyl adjacent to an activating group) is 2. The van der Waals surface area contributed by atoms with Crippen molar-refractivity contribution in [2.45, 2.75) is 128 Å². The summed E-state index contributed by atoms with van der Waals surface area (Å²) in [6.45, 7) is 10.7. The highest BCUT2D eigenvalue weighted by atomic mass is 16.5. The molecule has 3 heterocycles. The lowest BCUT2D eigenvalue weighted by molar-refractivity contribution is -0.153. The Morgan fingerprint density at radius 1 is 0.984 bits per heavy atom. The van der Waals surface area contributed by atoms with E-state index in [1.165, 1.54) is 0 Å². The molecule has 1 saturated carbocycles. The lowest BCUT2D eigenvalue weighted by atomic mass is 9.74. The number of nitrogens with zero attached hydrogens (tertiary/aromatic N) is 5. The van der Waals surface area contributed by atoms with Gasteiger partial charge in [0.05, 0.1) is 48.6 Å². The van der Waals surface area contributed by atoms with Crippen LogP contribution < -0.4 is 11.1 Å². The molecular formula is C48H69N7O7. The highest BCUT2D eigenvalue weighted by Gasteiger charge is 2.62. The number of nitrogens with one attached hydrogen (secondary N) is 1. The van der Waals surface area contributed by atoms with Gasteiger partial charge in [-0.25, -0.2) is 0 Å². The van der Waals surface area contributed by atoms with E-state index in [0.717, 1.165) is 43.2 Å². The molecule has 0 spiro atoms. The van der Waals surface area contributed by atoms with Crippen LogP contribution in [0.4, 0.5) is 0 Å². The zero-order valence-corrected chi connectivity index (χ0v) is 38.2. The number of rotatable bonds is 20. The largest absolute Gasteiger partial charge is 0.418 e. The van der Waals surface area contributed by atoms with Crippen LogP contribution in [0.15, 0.2) is 65.1 Å². The van der Waals surface area contributed by atoms with Crippen LogP contribution in [0.3, 0.4) is 0 Å². The predicted molar refractivity (Wildman–Crippen MR) is 236 cm³/mol. The monoisotopic (exact) mass is 856 g/mol. The van der Waals surface area contributed by atoms with Gasteiger partial charge in [-0.15, -0.1) is 10.2 Å². The minimum absolute atomic E-state index is 0.000835. The molecule has 2 bridgehead atoms. The summed E-state index contributed by atoms with van der Waals surface area (Å²) in [5.74, 6) is -0.914.